The first-order valence-electron chi connectivity index (χ1n) is 5.98. The van der Waals surface area contributed by atoms with Crippen LogP contribution in [0.25, 0.3) is 0 Å². The van der Waals surface area contributed by atoms with E-state index in [0.717, 1.165) is 0 Å². The number of ether oxygens (including phenoxy) is 1. The summed E-state index contributed by atoms with van der Waals surface area (Å²) in [5.41, 5.74) is 0.0983. The van der Waals surface area contributed by atoms with E-state index < -0.39 is 5.60 Å². The van der Waals surface area contributed by atoms with Gasteiger partial charge in [0, 0.05) is 37.9 Å². The molecule has 2 N–H and O–H groups in total. The van der Waals surface area contributed by atoms with Crippen LogP contribution in [0.5, 0.6) is 0 Å². The molecular formula is C13H19ClN2O3. The predicted molar refractivity (Wildman–Crippen MR) is 73.4 cm³/mol. The molecule has 1 aromatic heterocycles. The molecule has 0 radical (unpaired) electrons. The molecule has 6 heteroatoms. The monoisotopic (exact) mass is 286 g/mol. The maximum absolute atomic E-state index is 11.9. The summed E-state index contributed by atoms with van der Waals surface area (Å²) >= 11 is 5.80. The van der Waals surface area contributed by atoms with Crippen LogP contribution in [0.4, 0.5) is 0 Å². The van der Waals surface area contributed by atoms with E-state index in [0.29, 0.717) is 24.3 Å². The first-order chi connectivity index (χ1) is 8.84. The van der Waals surface area contributed by atoms with Crippen molar-refractivity contribution in [3.8, 4) is 0 Å². The van der Waals surface area contributed by atoms with Crippen molar-refractivity contribution in [2.45, 2.75) is 25.9 Å². The number of methoxy groups -OCH3 is 1. The van der Waals surface area contributed by atoms with Crippen molar-refractivity contribution in [1.82, 2.24) is 10.3 Å². The number of hydrogen-bond acceptors (Lipinski definition) is 4. The molecule has 1 aromatic rings. The highest BCUT2D eigenvalue weighted by Gasteiger charge is 2.21. The molecule has 1 atom stereocenters. The highest BCUT2D eigenvalue weighted by atomic mass is 35.5. The summed E-state index contributed by atoms with van der Waals surface area (Å²) in [7, 11) is 1.57. The number of pyridine rings is 1. The minimum atomic E-state index is -1.00. The van der Waals surface area contributed by atoms with Crippen molar-refractivity contribution in [1.29, 1.82) is 0 Å². The summed E-state index contributed by atoms with van der Waals surface area (Å²) in [4.78, 5) is 15.9. The molecule has 0 saturated carbocycles. The number of nitrogens with one attached hydrogen (secondary N) is 1. The number of rotatable bonds is 6. The van der Waals surface area contributed by atoms with Crippen LogP contribution < -0.4 is 5.32 Å². The Morgan fingerprint density at radius 1 is 1.58 bits per heavy atom. The van der Waals surface area contributed by atoms with Crippen molar-refractivity contribution in [3.63, 3.8) is 0 Å². The summed E-state index contributed by atoms with van der Waals surface area (Å²) in [6.45, 7) is 3.99. The van der Waals surface area contributed by atoms with Crippen LogP contribution in [0.1, 0.15) is 29.4 Å². The van der Waals surface area contributed by atoms with E-state index in [-0.39, 0.29) is 17.6 Å². The first-order valence-corrected chi connectivity index (χ1v) is 6.35. The zero-order valence-electron chi connectivity index (χ0n) is 11.4. The van der Waals surface area contributed by atoms with E-state index in [9.17, 15) is 9.90 Å². The van der Waals surface area contributed by atoms with Gasteiger partial charge in [0.15, 0.2) is 0 Å². The second-order valence-corrected chi connectivity index (χ2v) is 5.13. The van der Waals surface area contributed by atoms with Crippen LogP contribution >= 0.6 is 11.6 Å². The first kappa shape index (κ1) is 15.9. The molecular weight excluding hydrogens is 268 g/mol. The number of carbonyl (C=O) groups excluding carboxylic acids is 1. The summed E-state index contributed by atoms with van der Waals surface area (Å²) in [6, 6.07) is 3.14. The third-order valence-corrected chi connectivity index (χ3v) is 2.85. The molecule has 0 saturated heterocycles. The molecule has 1 rings (SSSR count). The summed E-state index contributed by atoms with van der Waals surface area (Å²) in [6.07, 6.45) is 0.444. The predicted octanol–water partition coefficient (Wildman–Crippen LogP) is 1.56. The highest BCUT2D eigenvalue weighted by molar-refractivity contribution is 6.29. The largest absolute Gasteiger partial charge is 0.388 e. The van der Waals surface area contributed by atoms with Gasteiger partial charge in [0.05, 0.1) is 5.60 Å². The lowest BCUT2D eigenvalue weighted by atomic mass is 10.0. The Bertz CT molecular complexity index is 429. The summed E-state index contributed by atoms with van der Waals surface area (Å²) in [5, 5.41) is 13.0. The van der Waals surface area contributed by atoms with Crippen LogP contribution in [0.2, 0.25) is 5.15 Å². The number of aromatic nitrogens is 1. The number of amides is 1. The second kappa shape index (κ2) is 6.84. The highest BCUT2D eigenvalue weighted by Crippen LogP contribution is 2.11. The molecule has 0 fully saturated rings. The third kappa shape index (κ3) is 5.55. The molecule has 0 aliphatic carbocycles. The van der Waals surface area contributed by atoms with Gasteiger partial charge in [-0.2, -0.15) is 0 Å². The number of aliphatic hydroxyl groups is 1. The molecule has 1 unspecified atom stereocenters. The maximum atomic E-state index is 11.9. The van der Waals surface area contributed by atoms with Crippen molar-refractivity contribution in [3.05, 3.63) is 28.5 Å². The van der Waals surface area contributed by atoms with Gasteiger partial charge in [-0.05, 0) is 26.0 Å². The van der Waals surface area contributed by atoms with Crippen LogP contribution in [0, 0.1) is 6.92 Å². The van der Waals surface area contributed by atoms with Gasteiger partial charge in [-0.25, -0.2) is 4.98 Å². The molecule has 5 nitrogen and oxygen atoms in total. The standard InChI is InChI=1S/C13H19ClN2O3/c1-9-6-10(7-11(14)16-9)12(17)15-8-13(2,18)4-5-19-3/h6-7,18H,4-5,8H2,1-3H3,(H,15,17). The fourth-order valence-corrected chi connectivity index (χ4v) is 1.79. The van der Waals surface area contributed by atoms with Gasteiger partial charge in [-0.1, -0.05) is 11.6 Å². The molecule has 0 aliphatic rings. The average Bonchev–Trinajstić information content (AvgIpc) is 2.32. The van der Waals surface area contributed by atoms with Gasteiger partial charge in [-0.15, -0.1) is 0 Å². The van der Waals surface area contributed by atoms with Gasteiger partial charge >= 0.3 is 0 Å². The summed E-state index contributed by atoms with van der Waals surface area (Å²) < 4.78 is 4.90. The Balaban J connectivity index is 2.60. The topological polar surface area (TPSA) is 71.5 Å². The fourth-order valence-electron chi connectivity index (χ4n) is 1.54. The van der Waals surface area contributed by atoms with Crippen LogP contribution in [0.15, 0.2) is 12.1 Å². The molecule has 0 spiro atoms. The molecule has 0 aliphatic heterocycles. The van der Waals surface area contributed by atoms with E-state index in [1.807, 2.05) is 0 Å². The Hall–Kier alpha value is -1.17. The zero-order chi connectivity index (χ0) is 14.5. The zero-order valence-corrected chi connectivity index (χ0v) is 12.1. The molecule has 0 aromatic carbocycles. The lowest BCUT2D eigenvalue weighted by Crippen LogP contribution is -2.41. The minimum Gasteiger partial charge on any atom is -0.388 e. The Labute approximate surface area is 117 Å². The lowest BCUT2D eigenvalue weighted by Gasteiger charge is -2.23. The van der Waals surface area contributed by atoms with Gasteiger partial charge in [-0.3, -0.25) is 4.79 Å². The molecule has 0 bridgehead atoms. The molecule has 1 heterocycles. The third-order valence-electron chi connectivity index (χ3n) is 2.66. The van der Waals surface area contributed by atoms with Crippen molar-refractivity contribution in [2.24, 2.45) is 0 Å². The van der Waals surface area contributed by atoms with E-state index in [1.165, 1.54) is 6.07 Å². The molecule has 19 heavy (non-hydrogen) atoms. The van der Waals surface area contributed by atoms with Gasteiger partial charge in [0.25, 0.3) is 5.91 Å². The van der Waals surface area contributed by atoms with Crippen LogP contribution in [-0.4, -0.2) is 41.9 Å². The number of aryl methyl sites for hydroxylation is 1. The molecule has 106 valence electrons. The lowest BCUT2D eigenvalue weighted by molar-refractivity contribution is 0.0243. The number of hydrogen-bond donors (Lipinski definition) is 2. The van der Waals surface area contributed by atoms with Crippen molar-refractivity contribution < 1.29 is 14.6 Å². The Morgan fingerprint density at radius 3 is 2.84 bits per heavy atom. The van der Waals surface area contributed by atoms with E-state index in [1.54, 1.807) is 27.0 Å². The number of halogens is 1. The van der Waals surface area contributed by atoms with Crippen LogP contribution in [0.3, 0.4) is 0 Å². The summed E-state index contributed by atoms with van der Waals surface area (Å²) in [5.74, 6) is -0.287. The number of nitrogens with zero attached hydrogens (tertiary/aromatic N) is 1. The Kier molecular flexibility index (Phi) is 5.72. The van der Waals surface area contributed by atoms with Gasteiger partial charge < -0.3 is 15.2 Å². The van der Waals surface area contributed by atoms with Gasteiger partial charge in [0.2, 0.25) is 0 Å². The van der Waals surface area contributed by atoms with E-state index in [4.69, 9.17) is 16.3 Å². The van der Waals surface area contributed by atoms with E-state index in [2.05, 4.69) is 10.3 Å². The minimum absolute atomic E-state index is 0.147. The maximum Gasteiger partial charge on any atom is 0.251 e. The van der Waals surface area contributed by atoms with Crippen LogP contribution in [-0.2, 0) is 4.74 Å². The van der Waals surface area contributed by atoms with Crippen molar-refractivity contribution >= 4 is 17.5 Å². The van der Waals surface area contributed by atoms with Crippen molar-refractivity contribution in [2.75, 3.05) is 20.3 Å². The fraction of sp³-hybridized carbons (Fsp3) is 0.538. The average molecular weight is 287 g/mol. The number of carbonyl (C=O) groups is 1. The SMILES string of the molecule is COCCC(C)(O)CNC(=O)c1cc(C)nc(Cl)c1. The van der Waals surface area contributed by atoms with Gasteiger partial charge in [0.1, 0.15) is 5.15 Å². The Morgan fingerprint density at radius 2 is 2.26 bits per heavy atom. The van der Waals surface area contributed by atoms with E-state index >= 15 is 0 Å². The smallest absolute Gasteiger partial charge is 0.251 e. The molecule has 1 amide bonds. The second-order valence-electron chi connectivity index (χ2n) is 4.74. The normalized spacial score (nSPS) is 13.9. The quantitative estimate of drug-likeness (QED) is 0.779.